The van der Waals surface area contributed by atoms with Crippen LogP contribution in [-0.2, 0) is 30.9 Å². The molecule has 0 spiro atoms. The SMILES string of the molecule is Cc1oc(-c2ccccc2)nc1CCOc1ccc(CN(CC(=O)O)Cc2ccc(OCc3ccccc3)cc2)cc1. The van der Waals surface area contributed by atoms with Gasteiger partial charge >= 0.3 is 5.97 Å². The van der Waals surface area contributed by atoms with E-state index in [1.807, 2.05) is 121 Å². The van der Waals surface area contributed by atoms with E-state index in [0.717, 1.165) is 45.2 Å². The van der Waals surface area contributed by atoms with Crippen molar-refractivity contribution >= 4 is 5.97 Å². The zero-order chi connectivity index (χ0) is 29.1. The minimum absolute atomic E-state index is 0.0630. The first-order valence-corrected chi connectivity index (χ1v) is 13.9. The van der Waals surface area contributed by atoms with Gasteiger partial charge < -0.3 is 19.0 Å². The number of benzene rings is 4. The zero-order valence-electron chi connectivity index (χ0n) is 23.6. The topological polar surface area (TPSA) is 85.0 Å². The van der Waals surface area contributed by atoms with E-state index < -0.39 is 5.97 Å². The van der Waals surface area contributed by atoms with Crippen LogP contribution in [0.4, 0.5) is 0 Å². The number of oxazole rings is 1. The highest BCUT2D eigenvalue weighted by atomic mass is 16.5. The van der Waals surface area contributed by atoms with E-state index in [1.165, 1.54) is 0 Å². The molecule has 7 nitrogen and oxygen atoms in total. The summed E-state index contributed by atoms with van der Waals surface area (Å²) in [5.41, 5.74) is 4.96. The standard InChI is InChI=1S/C35H34N2O5/c1-26-33(36-35(42-26)30-10-6-3-7-11-30)20-21-40-31-16-12-27(13-17-31)22-37(24-34(38)39)23-28-14-18-32(19-15-28)41-25-29-8-4-2-5-9-29/h2-19H,20-25H2,1H3,(H,38,39). The summed E-state index contributed by atoms with van der Waals surface area (Å²) in [5.74, 6) is 2.07. The van der Waals surface area contributed by atoms with Crippen molar-refractivity contribution in [3.8, 4) is 23.0 Å². The van der Waals surface area contributed by atoms with Crippen molar-refractivity contribution in [2.75, 3.05) is 13.2 Å². The quantitative estimate of drug-likeness (QED) is 0.157. The average Bonchev–Trinajstić information content (AvgIpc) is 3.38. The number of carboxylic acid groups (broad SMARTS) is 1. The summed E-state index contributed by atoms with van der Waals surface area (Å²) in [6, 6.07) is 35.4. The molecule has 0 unspecified atom stereocenters. The van der Waals surface area contributed by atoms with Crippen LogP contribution in [0.1, 0.15) is 28.1 Å². The van der Waals surface area contributed by atoms with E-state index in [9.17, 15) is 9.90 Å². The molecule has 214 valence electrons. The smallest absolute Gasteiger partial charge is 0.317 e. The third-order valence-electron chi connectivity index (χ3n) is 6.79. The molecule has 1 heterocycles. The highest BCUT2D eigenvalue weighted by Gasteiger charge is 2.13. The van der Waals surface area contributed by atoms with E-state index in [-0.39, 0.29) is 6.54 Å². The summed E-state index contributed by atoms with van der Waals surface area (Å²) in [4.78, 5) is 18.1. The molecule has 0 aliphatic carbocycles. The Hall–Kier alpha value is -4.88. The number of carboxylic acids is 1. The van der Waals surface area contributed by atoms with Gasteiger partial charge in [-0.05, 0) is 60.0 Å². The van der Waals surface area contributed by atoms with Crippen LogP contribution < -0.4 is 9.47 Å². The number of carbonyl (C=O) groups is 1. The third-order valence-corrected chi connectivity index (χ3v) is 6.79. The summed E-state index contributed by atoms with van der Waals surface area (Å²) in [5, 5.41) is 9.49. The molecule has 0 aliphatic heterocycles. The van der Waals surface area contributed by atoms with E-state index in [1.54, 1.807) is 0 Å². The van der Waals surface area contributed by atoms with Gasteiger partial charge in [0.1, 0.15) is 23.9 Å². The first kappa shape index (κ1) is 28.6. The van der Waals surface area contributed by atoms with Crippen molar-refractivity contribution in [3.63, 3.8) is 0 Å². The maximum Gasteiger partial charge on any atom is 0.317 e. The number of rotatable bonds is 14. The number of aliphatic carboxylic acids is 1. The van der Waals surface area contributed by atoms with Crippen molar-refractivity contribution in [1.29, 1.82) is 0 Å². The van der Waals surface area contributed by atoms with Crippen LogP contribution >= 0.6 is 0 Å². The molecule has 0 saturated carbocycles. The summed E-state index contributed by atoms with van der Waals surface area (Å²) in [7, 11) is 0. The van der Waals surface area contributed by atoms with Gasteiger partial charge in [0.15, 0.2) is 0 Å². The van der Waals surface area contributed by atoms with Gasteiger partial charge in [-0.2, -0.15) is 0 Å². The molecule has 1 N–H and O–H groups in total. The third kappa shape index (κ3) is 8.32. The second kappa shape index (κ2) is 14.1. The summed E-state index contributed by atoms with van der Waals surface area (Å²) in [6.45, 7) is 3.83. The van der Waals surface area contributed by atoms with Gasteiger partial charge in [-0.15, -0.1) is 0 Å². The Labute approximate surface area is 246 Å². The molecule has 7 heteroatoms. The van der Waals surface area contributed by atoms with Gasteiger partial charge in [0.2, 0.25) is 5.89 Å². The number of aromatic nitrogens is 1. The van der Waals surface area contributed by atoms with Crippen LogP contribution in [0.2, 0.25) is 0 Å². The van der Waals surface area contributed by atoms with Gasteiger partial charge in [0.25, 0.3) is 0 Å². The molecule has 42 heavy (non-hydrogen) atoms. The molecule has 0 bridgehead atoms. The van der Waals surface area contributed by atoms with Crippen molar-refractivity contribution in [2.45, 2.75) is 33.0 Å². The predicted molar refractivity (Wildman–Crippen MR) is 161 cm³/mol. The number of aryl methyl sites for hydroxylation is 1. The number of ether oxygens (including phenoxy) is 2. The van der Waals surface area contributed by atoms with Crippen molar-refractivity contribution in [1.82, 2.24) is 9.88 Å². The molecular weight excluding hydrogens is 528 g/mol. The second-order valence-electron chi connectivity index (χ2n) is 10.1. The summed E-state index contributed by atoms with van der Waals surface area (Å²) < 4.78 is 17.7. The fourth-order valence-electron chi connectivity index (χ4n) is 4.63. The largest absolute Gasteiger partial charge is 0.493 e. The van der Waals surface area contributed by atoms with Crippen LogP contribution in [0, 0.1) is 6.92 Å². The van der Waals surface area contributed by atoms with Crippen LogP contribution in [0.5, 0.6) is 11.5 Å². The van der Waals surface area contributed by atoms with Gasteiger partial charge in [0.05, 0.1) is 18.8 Å². The van der Waals surface area contributed by atoms with E-state index in [4.69, 9.17) is 13.9 Å². The highest BCUT2D eigenvalue weighted by molar-refractivity contribution is 5.69. The Morgan fingerprint density at radius 1 is 0.762 bits per heavy atom. The lowest BCUT2D eigenvalue weighted by atomic mass is 10.1. The van der Waals surface area contributed by atoms with Crippen LogP contribution in [0.15, 0.2) is 114 Å². The van der Waals surface area contributed by atoms with Gasteiger partial charge in [-0.3, -0.25) is 9.69 Å². The van der Waals surface area contributed by atoms with E-state index in [2.05, 4.69) is 4.98 Å². The lowest BCUT2D eigenvalue weighted by molar-refractivity contribution is -0.138. The molecule has 0 radical (unpaired) electrons. The first-order valence-electron chi connectivity index (χ1n) is 13.9. The Morgan fingerprint density at radius 2 is 1.33 bits per heavy atom. The maximum absolute atomic E-state index is 11.6. The second-order valence-corrected chi connectivity index (χ2v) is 10.1. The minimum Gasteiger partial charge on any atom is -0.493 e. The molecule has 0 atom stereocenters. The Morgan fingerprint density at radius 3 is 1.93 bits per heavy atom. The minimum atomic E-state index is -0.865. The van der Waals surface area contributed by atoms with Crippen molar-refractivity contribution < 1.29 is 23.8 Å². The molecule has 0 saturated heterocycles. The first-order chi connectivity index (χ1) is 20.5. The van der Waals surface area contributed by atoms with Crippen LogP contribution in [0.3, 0.4) is 0 Å². The summed E-state index contributed by atoms with van der Waals surface area (Å²) >= 11 is 0. The molecule has 1 aromatic heterocycles. The molecule has 0 aliphatic rings. The van der Waals surface area contributed by atoms with Crippen LogP contribution in [0.25, 0.3) is 11.5 Å². The Bertz CT molecular complexity index is 1550. The zero-order valence-corrected chi connectivity index (χ0v) is 23.6. The van der Waals surface area contributed by atoms with Crippen LogP contribution in [-0.4, -0.2) is 34.1 Å². The lowest BCUT2D eigenvalue weighted by Gasteiger charge is -2.21. The van der Waals surface area contributed by atoms with Gasteiger partial charge in [0, 0.05) is 25.1 Å². The molecule has 4 aromatic carbocycles. The Balaban J connectivity index is 1.12. The molecular formula is C35H34N2O5. The molecule has 0 fully saturated rings. The van der Waals surface area contributed by atoms with Crippen molar-refractivity contribution in [2.24, 2.45) is 0 Å². The predicted octanol–water partition coefficient (Wildman–Crippen LogP) is 6.94. The number of nitrogens with zero attached hydrogens (tertiary/aromatic N) is 2. The molecule has 0 amide bonds. The molecule has 5 rings (SSSR count). The van der Waals surface area contributed by atoms with E-state index in [0.29, 0.717) is 38.6 Å². The van der Waals surface area contributed by atoms with Gasteiger partial charge in [-0.25, -0.2) is 4.98 Å². The fourth-order valence-corrected chi connectivity index (χ4v) is 4.63. The van der Waals surface area contributed by atoms with Crippen molar-refractivity contribution in [3.05, 3.63) is 137 Å². The summed E-state index contributed by atoms with van der Waals surface area (Å²) in [6.07, 6.45) is 0.631. The average molecular weight is 563 g/mol. The van der Waals surface area contributed by atoms with E-state index >= 15 is 0 Å². The lowest BCUT2D eigenvalue weighted by Crippen LogP contribution is -2.28. The van der Waals surface area contributed by atoms with Gasteiger partial charge in [-0.1, -0.05) is 72.8 Å². The fraction of sp³-hybridized carbons (Fsp3) is 0.200. The molecule has 5 aromatic rings. The number of hydrogen-bond acceptors (Lipinski definition) is 6. The normalized spacial score (nSPS) is 11.0. The Kier molecular flexibility index (Phi) is 9.65. The maximum atomic E-state index is 11.6. The monoisotopic (exact) mass is 562 g/mol. The highest BCUT2D eigenvalue weighted by Crippen LogP contribution is 2.22. The number of hydrogen-bond donors (Lipinski definition) is 1.